The summed E-state index contributed by atoms with van der Waals surface area (Å²) in [6, 6.07) is 5.54. The lowest BCUT2D eigenvalue weighted by Gasteiger charge is -2.24. The molecule has 0 aliphatic heterocycles. The van der Waals surface area contributed by atoms with Crippen LogP contribution < -0.4 is 10.6 Å². The van der Waals surface area contributed by atoms with Crippen molar-refractivity contribution in [2.45, 2.75) is 31.7 Å². The molecule has 0 radical (unpaired) electrons. The standard InChI is InChI=1S/C14H20N2O2/c1-16(9-13(15)14(17)18)12-7-6-10-4-2-3-5-11(10)8-12/h6-8,13H,2-5,9,15H2,1H3,(H,17,18). The van der Waals surface area contributed by atoms with Gasteiger partial charge >= 0.3 is 5.97 Å². The van der Waals surface area contributed by atoms with Crippen LogP contribution in [0.25, 0.3) is 0 Å². The number of benzene rings is 1. The number of aliphatic carboxylic acids is 1. The molecule has 0 amide bonds. The van der Waals surface area contributed by atoms with Gasteiger partial charge in [0.15, 0.2) is 0 Å². The number of likely N-dealkylation sites (N-methyl/N-ethyl adjacent to an activating group) is 1. The molecule has 0 aromatic heterocycles. The highest BCUT2D eigenvalue weighted by atomic mass is 16.4. The Morgan fingerprint density at radius 2 is 2.06 bits per heavy atom. The molecule has 0 spiro atoms. The molecule has 3 N–H and O–H groups in total. The van der Waals surface area contributed by atoms with E-state index in [0.29, 0.717) is 6.54 Å². The van der Waals surface area contributed by atoms with Gasteiger partial charge in [0.25, 0.3) is 0 Å². The predicted octanol–water partition coefficient (Wildman–Crippen LogP) is 1.41. The third kappa shape index (κ3) is 2.82. The fourth-order valence-corrected chi connectivity index (χ4v) is 2.44. The molecular formula is C14H20N2O2. The van der Waals surface area contributed by atoms with Crippen LogP contribution in [0.5, 0.6) is 0 Å². The first-order chi connectivity index (χ1) is 8.58. The largest absolute Gasteiger partial charge is 0.480 e. The van der Waals surface area contributed by atoms with Gasteiger partial charge in [-0.3, -0.25) is 4.79 Å². The highest BCUT2D eigenvalue weighted by Crippen LogP contribution is 2.25. The normalized spacial score (nSPS) is 15.9. The van der Waals surface area contributed by atoms with Crippen LogP contribution in [0.2, 0.25) is 0 Å². The second-order valence-electron chi connectivity index (χ2n) is 4.99. The lowest BCUT2D eigenvalue weighted by Crippen LogP contribution is -2.41. The van der Waals surface area contributed by atoms with Crippen LogP contribution in [0.15, 0.2) is 18.2 Å². The van der Waals surface area contributed by atoms with E-state index in [4.69, 9.17) is 10.8 Å². The maximum absolute atomic E-state index is 10.7. The number of fused-ring (bicyclic) bond motifs is 1. The average molecular weight is 248 g/mol. The minimum absolute atomic E-state index is 0.328. The topological polar surface area (TPSA) is 66.6 Å². The SMILES string of the molecule is CN(CC(N)C(=O)O)c1ccc2c(c1)CCCC2. The summed E-state index contributed by atoms with van der Waals surface area (Å²) in [5, 5.41) is 8.82. The van der Waals surface area contributed by atoms with Crippen LogP contribution in [0.4, 0.5) is 5.69 Å². The Kier molecular flexibility index (Phi) is 3.87. The Balaban J connectivity index is 2.11. The van der Waals surface area contributed by atoms with Crippen molar-refractivity contribution >= 4 is 11.7 Å². The quantitative estimate of drug-likeness (QED) is 0.845. The zero-order chi connectivity index (χ0) is 13.1. The zero-order valence-electron chi connectivity index (χ0n) is 10.7. The van der Waals surface area contributed by atoms with E-state index in [0.717, 1.165) is 18.5 Å². The van der Waals surface area contributed by atoms with E-state index < -0.39 is 12.0 Å². The van der Waals surface area contributed by atoms with E-state index in [1.807, 2.05) is 11.9 Å². The first kappa shape index (κ1) is 12.9. The Morgan fingerprint density at radius 3 is 2.72 bits per heavy atom. The number of rotatable bonds is 4. The van der Waals surface area contributed by atoms with Gasteiger partial charge in [0.05, 0.1) is 0 Å². The number of anilines is 1. The summed E-state index contributed by atoms with van der Waals surface area (Å²) in [6.07, 6.45) is 4.80. The van der Waals surface area contributed by atoms with Crippen molar-refractivity contribution in [1.82, 2.24) is 0 Å². The molecule has 4 heteroatoms. The van der Waals surface area contributed by atoms with Crippen molar-refractivity contribution in [1.29, 1.82) is 0 Å². The second kappa shape index (κ2) is 5.40. The van der Waals surface area contributed by atoms with Gasteiger partial charge in [-0.05, 0) is 48.9 Å². The number of carbonyl (C=O) groups is 1. The van der Waals surface area contributed by atoms with Gasteiger partial charge in [-0.25, -0.2) is 0 Å². The molecule has 4 nitrogen and oxygen atoms in total. The smallest absolute Gasteiger partial charge is 0.322 e. The number of hydrogen-bond acceptors (Lipinski definition) is 3. The van der Waals surface area contributed by atoms with Crippen LogP contribution in [-0.2, 0) is 17.6 Å². The van der Waals surface area contributed by atoms with Crippen molar-refractivity contribution in [2.24, 2.45) is 5.73 Å². The molecule has 1 aliphatic rings. The molecule has 1 aliphatic carbocycles. The fourth-order valence-electron chi connectivity index (χ4n) is 2.44. The molecule has 98 valence electrons. The molecule has 0 saturated heterocycles. The Hall–Kier alpha value is -1.55. The summed E-state index contributed by atoms with van der Waals surface area (Å²) in [6.45, 7) is 0.328. The number of carboxylic acid groups (broad SMARTS) is 1. The minimum atomic E-state index is -0.959. The summed E-state index contributed by atoms with van der Waals surface area (Å²) in [7, 11) is 1.88. The lowest BCUT2D eigenvalue weighted by molar-refractivity contribution is -0.138. The third-order valence-electron chi connectivity index (χ3n) is 3.56. The fraction of sp³-hybridized carbons (Fsp3) is 0.500. The maximum atomic E-state index is 10.7. The van der Waals surface area contributed by atoms with Crippen LogP contribution in [0.3, 0.4) is 0 Å². The molecular weight excluding hydrogens is 228 g/mol. The Bertz CT molecular complexity index is 445. The summed E-state index contributed by atoms with van der Waals surface area (Å²) in [5.74, 6) is -0.959. The molecule has 1 atom stereocenters. The molecule has 1 aromatic carbocycles. The molecule has 0 saturated carbocycles. The van der Waals surface area contributed by atoms with Gasteiger partial charge in [0.2, 0.25) is 0 Å². The highest BCUT2D eigenvalue weighted by Gasteiger charge is 2.16. The van der Waals surface area contributed by atoms with Crippen molar-refractivity contribution in [3.63, 3.8) is 0 Å². The average Bonchev–Trinajstić information content (AvgIpc) is 2.37. The van der Waals surface area contributed by atoms with Crippen LogP contribution in [-0.4, -0.2) is 30.7 Å². The monoisotopic (exact) mass is 248 g/mol. The number of hydrogen-bond donors (Lipinski definition) is 2. The van der Waals surface area contributed by atoms with E-state index in [9.17, 15) is 4.79 Å². The van der Waals surface area contributed by atoms with Crippen molar-refractivity contribution in [3.05, 3.63) is 29.3 Å². The number of nitrogens with two attached hydrogens (primary N) is 1. The summed E-state index contributed by atoms with van der Waals surface area (Å²) >= 11 is 0. The van der Waals surface area contributed by atoms with E-state index in [-0.39, 0.29) is 0 Å². The van der Waals surface area contributed by atoms with E-state index in [2.05, 4.69) is 18.2 Å². The van der Waals surface area contributed by atoms with Gasteiger partial charge in [-0.1, -0.05) is 6.07 Å². The van der Waals surface area contributed by atoms with Gasteiger partial charge in [-0.15, -0.1) is 0 Å². The third-order valence-corrected chi connectivity index (χ3v) is 3.56. The number of aryl methyl sites for hydroxylation is 2. The highest BCUT2D eigenvalue weighted by molar-refractivity contribution is 5.74. The summed E-state index contributed by atoms with van der Waals surface area (Å²) in [5.41, 5.74) is 9.43. The first-order valence-corrected chi connectivity index (χ1v) is 6.39. The van der Waals surface area contributed by atoms with Crippen molar-refractivity contribution in [3.8, 4) is 0 Å². The number of carboxylic acids is 1. The Labute approximate surface area is 107 Å². The minimum Gasteiger partial charge on any atom is -0.480 e. The lowest BCUT2D eigenvalue weighted by atomic mass is 9.91. The second-order valence-corrected chi connectivity index (χ2v) is 4.99. The molecule has 1 unspecified atom stereocenters. The van der Waals surface area contributed by atoms with Crippen molar-refractivity contribution in [2.75, 3.05) is 18.5 Å². The van der Waals surface area contributed by atoms with Gasteiger partial charge < -0.3 is 15.7 Å². The van der Waals surface area contributed by atoms with E-state index in [1.54, 1.807) is 0 Å². The molecule has 18 heavy (non-hydrogen) atoms. The van der Waals surface area contributed by atoms with E-state index >= 15 is 0 Å². The van der Waals surface area contributed by atoms with Gasteiger partial charge in [0, 0.05) is 19.3 Å². The molecule has 0 fully saturated rings. The first-order valence-electron chi connectivity index (χ1n) is 6.39. The van der Waals surface area contributed by atoms with Crippen LogP contribution in [0.1, 0.15) is 24.0 Å². The zero-order valence-corrected chi connectivity index (χ0v) is 10.7. The summed E-state index contributed by atoms with van der Waals surface area (Å²) in [4.78, 5) is 12.7. The summed E-state index contributed by atoms with van der Waals surface area (Å²) < 4.78 is 0. The molecule has 2 rings (SSSR count). The van der Waals surface area contributed by atoms with Gasteiger partial charge in [0.1, 0.15) is 6.04 Å². The van der Waals surface area contributed by atoms with Gasteiger partial charge in [-0.2, -0.15) is 0 Å². The van der Waals surface area contributed by atoms with Crippen molar-refractivity contribution < 1.29 is 9.90 Å². The van der Waals surface area contributed by atoms with E-state index in [1.165, 1.54) is 24.0 Å². The predicted molar refractivity (Wildman–Crippen MR) is 72.0 cm³/mol. The molecule has 1 aromatic rings. The number of nitrogens with zero attached hydrogens (tertiary/aromatic N) is 1. The molecule has 0 bridgehead atoms. The van der Waals surface area contributed by atoms with Crippen LogP contribution >= 0.6 is 0 Å². The maximum Gasteiger partial charge on any atom is 0.322 e. The van der Waals surface area contributed by atoms with Crippen LogP contribution in [0, 0.1) is 0 Å². The Morgan fingerprint density at radius 1 is 1.39 bits per heavy atom. The molecule has 0 heterocycles.